The number of hydrogen-bond acceptors (Lipinski definition) is 11. The van der Waals surface area contributed by atoms with Crippen molar-refractivity contribution in [3.05, 3.63) is 106 Å². The quantitative estimate of drug-likeness (QED) is 0.0221. The number of halogens is 2. The van der Waals surface area contributed by atoms with Crippen molar-refractivity contribution in [3.63, 3.8) is 0 Å². The minimum Gasteiger partial charge on any atom is -0.370 e. The molecule has 1 aromatic heterocycles. The number of carbonyl (C=O) groups excluding carboxylic acids is 9. The Labute approximate surface area is 477 Å². The molecule has 0 saturated carbocycles. The van der Waals surface area contributed by atoms with Gasteiger partial charge in [-0.25, -0.2) is 0 Å². The number of piperidine rings is 1. The SMILES string of the molecule is CN1CC[C@H](NC(=O)c2cc3cc(C(F)(F)P(=O)(O)O)ccc3[nH]2)C(=O)N2[C@H](CC[C@H]2C(=O)NC(CCC(N)=O)C(=O)NC(C(=O)NCCCCCCCCCC#Cc2cccc3c2CN(C2CCC(=O)NC2=O)C3=O)c2ccccc2)C1. The van der Waals surface area contributed by atoms with Gasteiger partial charge in [-0.2, -0.15) is 8.78 Å². The molecule has 83 heavy (non-hydrogen) atoms. The van der Waals surface area contributed by atoms with Gasteiger partial charge in [-0.05, 0) is 93.5 Å². The van der Waals surface area contributed by atoms with E-state index in [9.17, 15) is 66.3 Å². The maximum atomic E-state index is 14.5. The van der Waals surface area contributed by atoms with E-state index in [-0.39, 0.29) is 73.5 Å². The van der Waals surface area contributed by atoms with Crippen molar-refractivity contribution in [1.82, 2.24) is 46.3 Å². The largest absolute Gasteiger partial charge is 0.399 e. The van der Waals surface area contributed by atoms with Gasteiger partial charge in [0, 0.05) is 79.1 Å². The molecule has 0 aliphatic carbocycles. The number of fused-ring (bicyclic) bond motifs is 3. The molecule has 5 heterocycles. The number of hydrogen-bond donors (Lipinski definition) is 9. The molecule has 3 unspecified atom stereocenters. The maximum absolute atomic E-state index is 14.5. The second-order valence-electron chi connectivity index (χ2n) is 21.6. The molecule has 0 spiro atoms. The lowest BCUT2D eigenvalue weighted by Gasteiger charge is -2.38. The number of H-pyrrole nitrogens is 1. The van der Waals surface area contributed by atoms with Crippen LogP contribution in [0.5, 0.6) is 0 Å². The molecule has 442 valence electrons. The number of nitrogens with one attached hydrogen (secondary N) is 6. The molecule has 3 fully saturated rings. The normalized spacial score (nSPS) is 20.0. The van der Waals surface area contributed by atoms with Gasteiger partial charge in [0.05, 0.1) is 0 Å². The van der Waals surface area contributed by atoms with Crippen LogP contribution in [0.4, 0.5) is 8.78 Å². The number of imide groups is 1. The molecule has 9 amide bonds. The number of aromatic amines is 1. The number of rotatable bonds is 23. The van der Waals surface area contributed by atoms with Crippen molar-refractivity contribution in [2.24, 2.45) is 5.73 Å². The van der Waals surface area contributed by atoms with E-state index in [4.69, 9.17) is 5.73 Å². The molecule has 22 nitrogen and oxygen atoms in total. The van der Waals surface area contributed by atoms with Gasteiger partial charge in [0.15, 0.2) is 0 Å². The van der Waals surface area contributed by atoms with Crippen LogP contribution in [0.15, 0.2) is 72.8 Å². The zero-order valence-corrected chi connectivity index (χ0v) is 46.8. The minimum atomic E-state index is -5.87. The number of amides is 9. The van der Waals surface area contributed by atoms with Gasteiger partial charge >= 0.3 is 13.3 Å². The Bertz CT molecular complexity index is 3250. The summed E-state index contributed by atoms with van der Waals surface area (Å²) in [6, 6.07) is 11.9. The average molecular weight is 1170 g/mol. The van der Waals surface area contributed by atoms with E-state index in [1.54, 1.807) is 42.5 Å². The Morgan fingerprint density at radius 2 is 1.60 bits per heavy atom. The summed E-state index contributed by atoms with van der Waals surface area (Å²) in [4.78, 5) is 146. The molecule has 6 atom stereocenters. The molecular weight excluding hydrogens is 1100 g/mol. The number of primary amides is 1. The molecule has 10 N–H and O–H groups in total. The van der Waals surface area contributed by atoms with E-state index in [1.807, 2.05) is 18.0 Å². The Morgan fingerprint density at radius 3 is 2.33 bits per heavy atom. The standard InChI is InChI=1S/C58H69F2N10O12P/c1-68-30-28-44(65-52(74)45-32-37-31-38(20-22-42(37)63-45)58(59,60)83(80,81)82)57(79)70-39(33-68)21-24-47(70)54(76)64-43(23-26-48(61)71)51(73)67-50(36-16-11-9-12-17-36)55(77)62-29-13-8-6-4-2-3-5-7-10-15-35-18-14-19-40-41(35)34-69(56(40)78)46-25-27-49(72)66-53(46)75/h9,11-12,14,16-20,22,31-32,39,43-44,46-47,50,63H,2-8,13,21,23-30,33-34H2,1H3,(H2,61,71)(H,62,77)(H,64,76)(H,65,74)(H,67,73)(H,66,72,75)(H2,80,81,82)/t39-,43?,44+,46?,47+,50?/m1/s1. The average Bonchev–Trinajstić information content (AvgIpc) is 4.27. The van der Waals surface area contributed by atoms with Crippen LogP contribution in [0.1, 0.15) is 145 Å². The Morgan fingerprint density at radius 1 is 0.867 bits per heavy atom. The fourth-order valence-corrected chi connectivity index (χ4v) is 11.6. The summed E-state index contributed by atoms with van der Waals surface area (Å²) < 4.78 is 40.6. The molecule has 0 radical (unpaired) electrons. The summed E-state index contributed by atoms with van der Waals surface area (Å²) in [5.74, 6) is 1.32. The number of alkyl halides is 2. The van der Waals surface area contributed by atoms with Crippen LogP contribution in [-0.2, 0) is 50.3 Å². The highest BCUT2D eigenvalue weighted by Gasteiger charge is 2.51. The van der Waals surface area contributed by atoms with Crippen molar-refractivity contribution in [1.29, 1.82) is 0 Å². The fraction of sp³-hybridized carbons (Fsp3) is 0.466. The monoisotopic (exact) mass is 1170 g/mol. The van der Waals surface area contributed by atoms with E-state index in [2.05, 4.69) is 43.4 Å². The summed E-state index contributed by atoms with van der Waals surface area (Å²) in [7, 11) is -4.05. The third kappa shape index (κ3) is 14.9. The molecule has 3 saturated heterocycles. The van der Waals surface area contributed by atoms with Crippen molar-refractivity contribution in [2.75, 3.05) is 26.7 Å². The first-order valence-corrected chi connectivity index (χ1v) is 29.6. The van der Waals surface area contributed by atoms with E-state index >= 15 is 0 Å². The van der Waals surface area contributed by atoms with Crippen molar-refractivity contribution >= 4 is 71.7 Å². The maximum Gasteiger partial charge on any atom is 0.399 e. The van der Waals surface area contributed by atoms with E-state index in [1.165, 1.54) is 15.9 Å². The van der Waals surface area contributed by atoms with Crippen molar-refractivity contribution in [3.8, 4) is 11.8 Å². The van der Waals surface area contributed by atoms with Gasteiger partial charge in [-0.3, -0.25) is 53.0 Å². The first-order chi connectivity index (χ1) is 39.6. The van der Waals surface area contributed by atoms with Crippen LogP contribution in [0.25, 0.3) is 10.9 Å². The third-order valence-corrected chi connectivity index (χ3v) is 16.6. The van der Waals surface area contributed by atoms with Gasteiger partial charge in [0.25, 0.3) is 11.8 Å². The number of aromatic nitrogens is 1. The predicted molar refractivity (Wildman–Crippen MR) is 298 cm³/mol. The second kappa shape index (κ2) is 27.0. The van der Waals surface area contributed by atoms with E-state index in [0.29, 0.717) is 50.0 Å². The molecule has 3 aromatic carbocycles. The molecule has 0 bridgehead atoms. The lowest BCUT2D eigenvalue weighted by atomic mass is 10.0. The van der Waals surface area contributed by atoms with Gasteiger partial charge < -0.3 is 56.5 Å². The molecular formula is C58H69F2N10O12P. The summed E-state index contributed by atoms with van der Waals surface area (Å²) in [6.45, 7) is 1.35. The smallest absolute Gasteiger partial charge is 0.370 e. The van der Waals surface area contributed by atoms with Crippen LogP contribution < -0.4 is 32.3 Å². The molecule has 25 heteroatoms. The fourth-order valence-electron chi connectivity index (χ4n) is 11.1. The van der Waals surface area contributed by atoms with Crippen molar-refractivity contribution < 1.29 is 66.3 Å². The summed E-state index contributed by atoms with van der Waals surface area (Å²) >= 11 is 0. The number of nitrogens with two attached hydrogens (primary N) is 1. The van der Waals surface area contributed by atoms with Gasteiger partial charge in [0.2, 0.25) is 41.4 Å². The van der Waals surface area contributed by atoms with E-state index < -0.39 is 96.4 Å². The van der Waals surface area contributed by atoms with Gasteiger partial charge in [0.1, 0.15) is 35.9 Å². The molecule has 4 aliphatic heterocycles. The highest BCUT2D eigenvalue weighted by atomic mass is 31.2. The minimum absolute atomic E-state index is 0.0535. The van der Waals surface area contributed by atoms with Crippen LogP contribution in [0, 0.1) is 11.8 Å². The molecule has 8 rings (SSSR count). The number of likely N-dealkylation sites (N-methyl/N-ethyl adjacent to an activating group) is 1. The van der Waals surface area contributed by atoms with Gasteiger partial charge in [-0.15, -0.1) is 0 Å². The van der Waals surface area contributed by atoms with Crippen LogP contribution in [-0.4, -0.2) is 140 Å². The Hall–Kier alpha value is -7.84. The topological polar surface area (TPSA) is 323 Å². The number of nitrogens with zero attached hydrogens (tertiary/aromatic N) is 3. The Kier molecular flexibility index (Phi) is 19.9. The molecule has 4 aliphatic rings. The summed E-state index contributed by atoms with van der Waals surface area (Å²) in [6.07, 6.45) is 7.58. The second-order valence-corrected chi connectivity index (χ2v) is 23.3. The van der Waals surface area contributed by atoms with E-state index in [0.717, 1.165) is 67.9 Å². The number of benzene rings is 3. The van der Waals surface area contributed by atoms with Crippen LogP contribution in [0.2, 0.25) is 0 Å². The number of unbranched alkanes of at least 4 members (excludes halogenated alkanes) is 7. The number of carbonyl (C=O) groups is 9. The van der Waals surface area contributed by atoms with Gasteiger partial charge in [-0.1, -0.05) is 86.4 Å². The Balaban J connectivity index is 0.814. The first kappa shape index (κ1) is 61.2. The summed E-state index contributed by atoms with van der Waals surface area (Å²) in [5.41, 5.74) is 2.67. The van der Waals surface area contributed by atoms with Crippen LogP contribution >= 0.6 is 7.60 Å². The zero-order valence-electron chi connectivity index (χ0n) is 45.9. The predicted octanol–water partition coefficient (Wildman–Crippen LogP) is 3.85. The lowest BCUT2D eigenvalue weighted by Crippen LogP contribution is -2.60. The van der Waals surface area contributed by atoms with Crippen molar-refractivity contribution in [2.45, 2.75) is 145 Å². The summed E-state index contributed by atoms with van der Waals surface area (Å²) in [5, 5.41) is 13.5. The zero-order chi connectivity index (χ0) is 59.6. The first-order valence-electron chi connectivity index (χ1n) is 28.0. The third-order valence-electron chi connectivity index (χ3n) is 15.6. The molecule has 4 aromatic rings. The highest BCUT2D eigenvalue weighted by molar-refractivity contribution is 7.52. The van der Waals surface area contributed by atoms with Crippen LogP contribution in [0.3, 0.4) is 0 Å². The lowest BCUT2D eigenvalue weighted by molar-refractivity contribution is -0.144. The highest BCUT2D eigenvalue weighted by Crippen LogP contribution is 2.59.